The predicted molar refractivity (Wildman–Crippen MR) is 63.9 cm³/mol. The molecule has 2 aliphatic rings. The van der Waals surface area contributed by atoms with E-state index in [1.165, 1.54) is 25.7 Å². The van der Waals surface area contributed by atoms with Gasteiger partial charge in [0.05, 0.1) is 0 Å². The number of aromatic amines is 2. The van der Waals surface area contributed by atoms with Gasteiger partial charge in [0.1, 0.15) is 0 Å². The van der Waals surface area contributed by atoms with E-state index >= 15 is 0 Å². The fourth-order valence-electron chi connectivity index (χ4n) is 3.77. The minimum Gasteiger partial charge on any atom is -0.272 e. The molecular formula is C11H17N3OS. The first-order valence-electron chi connectivity index (χ1n) is 6.06. The van der Waals surface area contributed by atoms with Crippen molar-refractivity contribution >= 4 is 12.2 Å². The Morgan fingerprint density at radius 2 is 2.19 bits per heavy atom. The van der Waals surface area contributed by atoms with Gasteiger partial charge in [-0.2, -0.15) is 0 Å². The van der Waals surface area contributed by atoms with E-state index in [0.29, 0.717) is 10.7 Å². The number of aromatic nitrogens is 3. The molecule has 88 valence electrons. The average Bonchev–Trinajstić information content (AvgIpc) is 2.93. The summed E-state index contributed by atoms with van der Waals surface area (Å²) in [4.78, 5) is 11.7. The summed E-state index contributed by atoms with van der Waals surface area (Å²) in [7, 11) is 0. The lowest BCUT2D eigenvalue weighted by Crippen LogP contribution is -2.28. The van der Waals surface area contributed by atoms with Crippen molar-refractivity contribution in [2.24, 2.45) is 17.8 Å². The van der Waals surface area contributed by atoms with Crippen LogP contribution in [0.25, 0.3) is 0 Å². The maximum absolute atomic E-state index is 11.7. The molecular weight excluding hydrogens is 222 g/mol. The molecule has 0 radical (unpaired) electrons. The summed E-state index contributed by atoms with van der Waals surface area (Å²) >= 11 is 5.15. The molecule has 0 saturated heterocycles. The normalized spacial score (nSPS) is 34.4. The van der Waals surface area contributed by atoms with Crippen molar-refractivity contribution in [3.63, 3.8) is 0 Å². The topological polar surface area (TPSA) is 53.6 Å². The lowest BCUT2D eigenvalue weighted by molar-refractivity contribution is 0.238. The first-order chi connectivity index (χ1) is 7.66. The molecule has 1 aromatic rings. The Bertz CT molecular complexity index is 472. The van der Waals surface area contributed by atoms with Gasteiger partial charge in [-0.3, -0.25) is 9.67 Å². The van der Waals surface area contributed by atoms with Gasteiger partial charge in [-0.05, 0) is 56.2 Å². The minimum absolute atomic E-state index is 0.0970. The monoisotopic (exact) mass is 239 g/mol. The van der Waals surface area contributed by atoms with Gasteiger partial charge in [-0.1, -0.05) is 6.42 Å². The number of rotatable bonds is 2. The number of hydrogen-bond acceptors (Lipinski definition) is 2. The van der Waals surface area contributed by atoms with E-state index in [1.54, 1.807) is 4.57 Å². The van der Waals surface area contributed by atoms with Gasteiger partial charge < -0.3 is 0 Å². The molecule has 4 atom stereocenters. The van der Waals surface area contributed by atoms with Crippen LogP contribution in [0.15, 0.2) is 4.79 Å². The van der Waals surface area contributed by atoms with Crippen molar-refractivity contribution in [1.29, 1.82) is 0 Å². The molecule has 2 fully saturated rings. The van der Waals surface area contributed by atoms with E-state index in [4.69, 9.17) is 12.2 Å². The van der Waals surface area contributed by atoms with Crippen molar-refractivity contribution < 1.29 is 0 Å². The van der Waals surface area contributed by atoms with Crippen LogP contribution in [0.2, 0.25) is 0 Å². The van der Waals surface area contributed by atoms with Crippen LogP contribution in [0.5, 0.6) is 0 Å². The number of H-pyrrole nitrogens is 2. The highest BCUT2D eigenvalue weighted by Gasteiger charge is 2.42. The van der Waals surface area contributed by atoms with Crippen molar-refractivity contribution in [3.8, 4) is 0 Å². The molecule has 3 rings (SSSR count). The number of fused-ring (bicyclic) bond motifs is 2. The zero-order valence-corrected chi connectivity index (χ0v) is 10.2. The molecule has 4 unspecified atom stereocenters. The molecule has 2 saturated carbocycles. The second-order valence-corrected chi connectivity index (χ2v) is 5.70. The van der Waals surface area contributed by atoms with E-state index < -0.39 is 0 Å². The Hall–Kier alpha value is -0.840. The predicted octanol–water partition coefficient (Wildman–Crippen LogP) is 2.23. The van der Waals surface area contributed by atoms with E-state index in [0.717, 1.165) is 11.8 Å². The van der Waals surface area contributed by atoms with E-state index in [1.807, 2.05) is 0 Å². The third-order valence-electron chi connectivity index (χ3n) is 4.53. The van der Waals surface area contributed by atoms with Crippen LogP contribution in [0.4, 0.5) is 0 Å². The first-order valence-corrected chi connectivity index (χ1v) is 6.47. The minimum atomic E-state index is -0.0970. The molecule has 0 aromatic carbocycles. The zero-order valence-electron chi connectivity index (χ0n) is 9.40. The van der Waals surface area contributed by atoms with Crippen molar-refractivity contribution in [1.82, 2.24) is 14.8 Å². The average molecular weight is 239 g/mol. The molecule has 2 N–H and O–H groups in total. The summed E-state index contributed by atoms with van der Waals surface area (Å²) in [5, 5.41) is 5.29. The van der Waals surface area contributed by atoms with E-state index in [9.17, 15) is 4.79 Å². The van der Waals surface area contributed by atoms with Crippen molar-refractivity contribution in [2.75, 3.05) is 0 Å². The molecule has 0 aliphatic heterocycles. The molecule has 0 spiro atoms. The van der Waals surface area contributed by atoms with Gasteiger partial charge in [0, 0.05) is 6.04 Å². The highest BCUT2D eigenvalue weighted by Crippen LogP contribution is 2.51. The maximum Gasteiger partial charge on any atom is 0.342 e. The Balaban J connectivity index is 1.91. The van der Waals surface area contributed by atoms with Crippen LogP contribution in [0.1, 0.15) is 38.6 Å². The van der Waals surface area contributed by atoms with Gasteiger partial charge in [0.15, 0.2) is 4.77 Å². The van der Waals surface area contributed by atoms with Crippen LogP contribution in [-0.2, 0) is 0 Å². The summed E-state index contributed by atoms with van der Waals surface area (Å²) in [6, 6.07) is 0.234. The maximum atomic E-state index is 11.7. The third kappa shape index (κ3) is 1.41. The number of nitrogens with zero attached hydrogens (tertiary/aromatic N) is 1. The highest BCUT2D eigenvalue weighted by molar-refractivity contribution is 7.71. The van der Waals surface area contributed by atoms with Crippen LogP contribution in [0.3, 0.4) is 0 Å². The highest BCUT2D eigenvalue weighted by atomic mass is 32.1. The molecule has 2 bridgehead atoms. The Labute approximate surface area is 99.1 Å². The van der Waals surface area contributed by atoms with Gasteiger partial charge in [-0.15, -0.1) is 0 Å². The van der Waals surface area contributed by atoms with Gasteiger partial charge in [0.2, 0.25) is 0 Å². The zero-order chi connectivity index (χ0) is 11.3. The van der Waals surface area contributed by atoms with E-state index in [2.05, 4.69) is 17.1 Å². The quantitative estimate of drug-likeness (QED) is 0.778. The Kier molecular flexibility index (Phi) is 2.31. The summed E-state index contributed by atoms with van der Waals surface area (Å²) in [5.41, 5.74) is -0.0970. The van der Waals surface area contributed by atoms with Gasteiger partial charge in [-0.25, -0.2) is 9.89 Å². The summed E-state index contributed by atoms with van der Waals surface area (Å²) in [5.74, 6) is 2.36. The number of nitrogens with one attached hydrogen (secondary N) is 2. The van der Waals surface area contributed by atoms with Gasteiger partial charge in [0.25, 0.3) is 0 Å². The molecule has 4 nitrogen and oxygen atoms in total. The molecule has 2 aliphatic carbocycles. The number of hydrogen-bond donors (Lipinski definition) is 2. The van der Waals surface area contributed by atoms with Crippen molar-refractivity contribution in [3.05, 3.63) is 15.3 Å². The SMILES string of the molecule is CC(C1CC2CCC1C2)n1c(=O)[nH][nH]c1=S. The summed E-state index contributed by atoms with van der Waals surface area (Å²) < 4.78 is 2.24. The molecule has 16 heavy (non-hydrogen) atoms. The third-order valence-corrected chi connectivity index (χ3v) is 4.83. The second-order valence-electron chi connectivity index (χ2n) is 5.31. The molecule has 5 heteroatoms. The van der Waals surface area contributed by atoms with Crippen molar-refractivity contribution in [2.45, 2.75) is 38.6 Å². The van der Waals surface area contributed by atoms with Crippen LogP contribution < -0.4 is 5.69 Å². The summed E-state index contributed by atoms with van der Waals surface area (Å²) in [6.45, 7) is 2.13. The second kappa shape index (κ2) is 3.58. The lowest BCUT2D eigenvalue weighted by Gasteiger charge is -2.27. The standard InChI is InChI=1S/C11H17N3OS/c1-6(14-10(15)12-13-11(14)16)9-5-7-2-3-8(9)4-7/h6-9H,2-5H2,1H3,(H,12,15)(H,13,16). The lowest BCUT2D eigenvalue weighted by atomic mass is 9.84. The van der Waals surface area contributed by atoms with E-state index in [-0.39, 0.29) is 11.7 Å². The fourth-order valence-corrected chi connectivity index (χ4v) is 4.07. The molecule has 1 heterocycles. The van der Waals surface area contributed by atoms with Crippen LogP contribution in [-0.4, -0.2) is 14.8 Å². The summed E-state index contributed by atoms with van der Waals surface area (Å²) in [6.07, 6.45) is 5.38. The van der Waals surface area contributed by atoms with Crippen LogP contribution in [0, 0.1) is 22.5 Å². The molecule has 0 amide bonds. The first kappa shape index (κ1) is 10.3. The van der Waals surface area contributed by atoms with Crippen LogP contribution >= 0.6 is 12.2 Å². The Morgan fingerprint density at radius 1 is 1.38 bits per heavy atom. The molecule has 1 aromatic heterocycles. The van der Waals surface area contributed by atoms with Gasteiger partial charge >= 0.3 is 5.69 Å². The smallest absolute Gasteiger partial charge is 0.272 e. The fraction of sp³-hybridized carbons (Fsp3) is 0.818. The largest absolute Gasteiger partial charge is 0.342 e. The Morgan fingerprint density at radius 3 is 2.69 bits per heavy atom.